The molecule has 1 aliphatic heterocycles. The van der Waals surface area contributed by atoms with Crippen molar-refractivity contribution in [2.75, 3.05) is 6.54 Å². The Morgan fingerprint density at radius 1 is 1.62 bits per heavy atom. The van der Waals surface area contributed by atoms with Crippen LogP contribution in [0.1, 0.15) is 0 Å². The van der Waals surface area contributed by atoms with E-state index in [9.17, 15) is 9.59 Å². The SMILES string of the molecule is NC1C=CC=CN(CC(=O)O)C1=O. The lowest BCUT2D eigenvalue weighted by atomic mass is 10.2. The first kappa shape index (κ1) is 9.47. The van der Waals surface area contributed by atoms with Gasteiger partial charge in [0.1, 0.15) is 12.6 Å². The van der Waals surface area contributed by atoms with Crippen molar-refractivity contribution in [1.29, 1.82) is 0 Å². The van der Waals surface area contributed by atoms with Gasteiger partial charge in [-0.3, -0.25) is 9.59 Å². The van der Waals surface area contributed by atoms with E-state index in [1.54, 1.807) is 12.2 Å². The van der Waals surface area contributed by atoms with Crippen LogP contribution >= 0.6 is 0 Å². The standard InChI is InChI=1S/C8H10N2O3/c9-6-3-1-2-4-10(8(6)13)5-7(11)12/h1-4,6H,5,9H2,(H,11,12). The molecule has 1 aliphatic rings. The van der Waals surface area contributed by atoms with Gasteiger partial charge >= 0.3 is 5.97 Å². The second-order valence-electron chi connectivity index (χ2n) is 2.61. The van der Waals surface area contributed by atoms with Crippen molar-refractivity contribution in [3.05, 3.63) is 24.4 Å². The highest BCUT2D eigenvalue weighted by Crippen LogP contribution is 2.01. The highest BCUT2D eigenvalue weighted by atomic mass is 16.4. The van der Waals surface area contributed by atoms with Crippen molar-refractivity contribution in [1.82, 2.24) is 4.90 Å². The van der Waals surface area contributed by atoms with Crippen molar-refractivity contribution in [3.8, 4) is 0 Å². The summed E-state index contributed by atoms with van der Waals surface area (Å²) >= 11 is 0. The number of carbonyl (C=O) groups is 2. The van der Waals surface area contributed by atoms with Gasteiger partial charge in [0.05, 0.1) is 0 Å². The topological polar surface area (TPSA) is 83.6 Å². The van der Waals surface area contributed by atoms with Crippen LogP contribution in [0.5, 0.6) is 0 Å². The van der Waals surface area contributed by atoms with Crippen LogP contribution in [-0.4, -0.2) is 34.5 Å². The molecule has 0 aromatic carbocycles. The largest absolute Gasteiger partial charge is 0.480 e. The van der Waals surface area contributed by atoms with Crippen molar-refractivity contribution < 1.29 is 14.7 Å². The van der Waals surface area contributed by atoms with Crippen molar-refractivity contribution >= 4 is 11.9 Å². The van der Waals surface area contributed by atoms with Crippen LogP contribution in [0.4, 0.5) is 0 Å². The smallest absolute Gasteiger partial charge is 0.323 e. The molecule has 0 radical (unpaired) electrons. The molecular formula is C8H10N2O3. The number of nitrogens with zero attached hydrogens (tertiary/aromatic N) is 1. The van der Waals surface area contributed by atoms with Crippen molar-refractivity contribution in [2.24, 2.45) is 5.73 Å². The number of hydrogen-bond acceptors (Lipinski definition) is 3. The quantitative estimate of drug-likeness (QED) is 0.592. The third-order valence-electron chi connectivity index (χ3n) is 1.57. The molecule has 0 aromatic rings. The van der Waals surface area contributed by atoms with E-state index in [4.69, 9.17) is 10.8 Å². The Labute approximate surface area is 75.1 Å². The lowest BCUT2D eigenvalue weighted by molar-refractivity contribution is -0.142. The number of nitrogens with two attached hydrogens (primary N) is 1. The van der Waals surface area contributed by atoms with E-state index in [-0.39, 0.29) is 6.54 Å². The number of allylic oxidation sites excluding steroid dienone is 2. The Hall–Kier alpha value is -1.62. The third-order valence-corrected chi connectivity index (χ3v) is 1.57. The van der Waals surface area contributed by atoms with E-state index in [2.05, 4.69) is 0 Å². The highest BCUT2D eigenvalue weighted by Gasteiger charge is 2.20. The Kier molecular flexibility index (Phi) is 2.81. The summed E-state index contributed by atoms with van der Waals surface area (Å²) in [6.07, 6.45) is 6.11. The van der Waals surface area contributed by atoms with Crippen LogP contribution in [0.25, 0.3) is 0 Å². The van der Waals surface area contributed by atoms with Gasteiger partial charge < -0.3 is 15.7 Å². The van der Waals surface area contributed by atoms with Gasteiger partial charge in [-0.1, -0.05) is 12.2 Å². The van der Waals surface area contributed by atoms with Crippen molar-refractivity contribution in [2.45, 2.75) is 6.04 Å². The molecule has 1 unspecified atom stereocenters. The molecule has 0 spiro atoms. The molecule has 0 aliphatic carbocycles. The van der Waals surface area contributed by atoms with Gasteiger partial charge in [0.15, 0.2) is 0 Å². The lowest BCUT2D eigenvalue weighted by Crippen LogP contribution is -2.41. The third kappa shape index (κ3) is 2.41. The first-order valence-corrected chi connectivity index (χ1v) is 3.74. The van der Waals surface area contributed by atoms with Gasteiger partial charge in [0.2, 0.25) is 5.91 Å². The molecule has 0 aromatic heterocycles. The highest BCUT2D eigenvalue weighted by molar-refractivity contribution is 5.88. The van der Waals surface area contributed by atoms with Crippen LogP contribution < -0.4 is 5.73 Å². The predicted molar refractivity (Wildman–Crippen MR) is 45.6 cm³/mol. The van der Waals surface area contributed by atoms with E-state index in [0.29, 0.717) is 0 Å². The zero-order chi connectivity index (χ0) is 9.84. The zero-order valence-electron chi connectivity index (χ0n) is 6.88. The van der Waals surface area contributed by atoms with Gasteiger partial charge in [-0.2, -0.15) is 0 Å². The maximum absolute atomic E-state index is 11.3. The van der Waals surface area contributed by atoms with E-state index >= 15 is 0 Å². The Morgan fingerprint density at radius 2 is 2.31 bits per heavy atom. The molecule has 5 nitrogen and oxygen atoms in total. The van der Waals surface area contributed by atoms with Gasteiger partial charge in [0.25, 0.3) is 0 Å². The summed E-state index contributed by atoms with van der Waals surface area (Å²) < 4.78 is 0. The fourth-order valence-corrected chi connectivity index (χ4v) is 0.961. The summed E-state index contributed by atoms with van der Waals surface area (Å²) in [6, 6.07) is -0.755. The molecule has 1 rings (SSSR count). The van der Waals surface area contributed by atoms with Crippen LogP contribution in [0.15, 0.2) is 24.4 Å². The van der Waals surface area contributed by atoms with Crippen LogP contribution in [0.3, 0.4) is 0 Å². The molecule has 0 saturated heterocycles. The first-order valence-electron chi connectivity index (χ1n) is 3.74. The minimum atomic E-state index is -1.06. The number of aliphatic carboxylic acids is 1. The molecule has 1 amide bonds. The summed E-state index contributed by atoms with van der Waals surface area (Å²) in [6.45, 7) is -0.356. The summed E-state index contributed by atoms with van der Waals surface area (Å²) in [4.78, 5) is 22.7. The monoisotopic (exact) mass is 182 g/mol. The molecule has 0 bridgehead atoms. The zero-order valence-corrected chi connectivity index (χ0v) is 6.88. The summed E-state index contributed by atoms with van der Waals surface area (Å²) in [7, 11) is 0. The fraction of sp³-hybridized carbons (Fsp3) is 0.250. The van der Waals surface area contributed by atoms with E-state index in [1.807, 2.05) is 0 Å². The van der Waals surface area contributed by atoms with Gasteiger partial charge in [-0.25, -0.2) is 0 Å². The lowest BCUT2D eigenvalue weighted by Gasteiger charge is -2.16. The summed E-state index contributed by atoms with van der Waals surface area (Å²) in [5.41, 5.74) is 5.43. The Bertz CT molecular complexity index is 283. The average molecular weight is 182 g/mol. The summed E-state index contributed by atoms with van der Waals surface area (Å²) in [5.74, 6) is -1.47. The van der Waals surface area contributed by atoms with E-state index in [1.165, 1.54) is 12.3 Å². The number of carbonyl (C=O) groups excluding carboxylic acids is 1. The number of hydrogen-bond donors (Lipinski definition) is 2. The molecular weight excluding hydrogens is 172 g/mol. The van der Waals surface area contributed by atoms with Gasteiger partial charge in [-0.05, 0) is 6.08 Å². The van der Waals surface area contributed by atoms with E-state index < -0.39 is 17.9 Å². The molecule has 5 heteroatoms. The number of carboxylic acids is 1. The first-order chi connectivity index (χ1) is 6.11. The molecule has 3 N–H and O–H groups in total. The molecule has 0 fully saturated rings. The van der Waals surface area contributed by atoms with Crippen LogP contribution in [0, 0.1) is 0 Å². The molecule has 1 atom stereocenters. The molecule has 0 saturated carbocycles. The summed E-state index contributed by atoms with van der Waals surface area (Å²) in [5, 5.41) is 8.47. The fourth-order valence-electron chi connectivity index (χ4n) is 0.961. The van der Waals surface area contributed by atoms with Crippen molar-refractivity contribution in [3.63, 3.8) is 0 Å². The van der Waals surface area contributed by atoms with Crippen LogP contribution in [-0.2, 0) is 9.59 Å². The normalized spacial score (nSPS) is 21.8. The number of rotatable bonds is 2. The average Bonchev–Trinajstić information content (AvgIpc) is 2.19. The molecule has 1 heterocycles. The Balaban J connectivity index is 2.74. The number of amides is 1. The second-order valence-corrected chi connectivity index (χ2v) is 2.61. The number of carboxylic acid groups (broad SMARTS) is 1. The second kappa shape index (κ2) is 3.86. The minimum absolute atomic E-state index is 0.356. The van der Waals surface area contributed by atoms with E-state index in [0.717, 1.165) is 4.90 Å². The minimum Gasteiger partial charge on any atom is -0.480 e. The van der Waals surface area contributed by atoms with Gasteiger partial charge in [-0.15, -0.1) is 0 Å². The molecule has 70 valence electrons. The predicted octanol–water partition coefficient (Wildman–Crippen LogP) is -0.690. The molecule has 13 heavy (non-hydrogen) atoms. The maximum Gasteiger partial charge on any atom is 0.323 e. The van der Waals surface area contributed by atoms with Crippen LogP contribution in [0.2, 0.25) is 0 Å². The van der Waals surface area contributed by atoms with Gasteiger partial charge in [0, 0.05) is 6.20 Å². The maximum atomic E-state index is 11.3. The Morgan fingerprint density at radius 3 is 2.92 bits per heavy atom.